The molecule has 0 radical (unpaired) electrons. The Morgan fingerprint density at radius 3 is 2.65 bits per heavy atom. The third-order valence-corrected chi connectivity index (χ3v) is 4.23. The zero-order valence-electron chi connectivity index (χ0n) is 11.8. The quantitative estimate of drug-likeness (QED) is 0.812. The number of aliphatic carboxylic acids is 1. The SMILES string of the molecule is CSc1cnc([C@H](CC(=O)O)NC(=O)OC(C)(C)C)s1. The maximum Gasteiger partial charge on any atom is 0.408 e. The first-order valence-electron chi connectivity index (χ1n) is 5.92. The van der Waals surface area contributed by atoms with Crippen LogP contribution in [0.25, 0.3) is 0 Å². The van der Waals surface area contributed by atoms with Crippen molar-refractivity contribution in [3.05, 3.63) is 11.2 Å². The van der Waals surface area contributed by atoms with Crippen molar-refractivity contribution >= 4 is 35.2 Å². The largest absolute Gasteiger partial charge is 0.481 e. The van der Waals surface area contributed by atoms with Gasteiger partial charge in [0.25, 0.3) is 0 Å². The molecule has 0 unspecified atom stereocenters. The average Bonchev–Trinajstić information content (AvgIpc) is 2.73. The Morgan fingerprint density at radius 2 is 2.20 bits per heavy atom. The Bertz CT molecular complexity index is 482. The van der Waals surface area contributed by atoms with Crippen LogP contribution in [-0.4, -0.2) is 34.0 Å². The molecule has 0 spiro atoms. The molecule has 8 heteroatoms. The maximum atomic E-state index is 11.7. The molecule has 6 nitrogen and oxygen atoms in total. The number of hydrogen-bond donors (Lipinski definition) is 2. The Balaban J connectivity index is 2.79. The number of alkyl carbamates (subject to hydrolysis) is 1. The van der Waals surface area contributed by atoms with E-state index in [9.17, 15) is 9.59 Å². The van der Waals surface area contributed by atoms with Gasteiger partial charge in [-0.15, -0.1) is 23.1 Å². The van der Waals surface area contributed by atoms with Crippen LogP contribution in [-0.2, 0) is 9.53 Å². The topological polar surface area (TPSA) is 88.5 Å². The van der Waals surface area contributed by atoms with Crippen molar-refractivity contribution in [3.8, 4) is 0 Å². The number of amides is 1. The van der Waals surface area contributed by atoms with Gasteiger partial charge in [-0.1, -0.05) is 0 Å². The summed E-state index contributed by atoms with van der Waals surface area (Å²) in [5, 5.41) is 12.0. The summed E-state index contributed by atoms with van der Waals surface area (Å²) in [5.74, 6) is -1.01. The molecular formula is C12H18N2O4S2. The molecule has 1 aromatic heterocycles. The fourth-order valence-electron chi connectivity index (χ4n) is 1.35. The zero-order chi connectivity index (χ0) is 15.3. The molecule has 0 bridgehead atoms. The summed E-state index contributed by atoms with van der Waals surface area (Å²) in [6, 6.07) is -0.687. The monoisotopic (exact) mass is 318 g/mol. The van der Waals surface area contributed by atoms with Crippen LogP contribution in [0.15, 0.2) is 10.4 Å². The Morgan fingerprint density at radius 1 is 1.55 bits per heavy atom. The molecule has 0 saturated carbocycles. The molecule has 0 aliphatic rings. The molecular weight excluding hydrogens is 300 g/mol. The van der Waals surface area contributed by atoms with Crippen molar-refractivity contribution in [1.29, 1.82) is 0 Å². The van der Waals surface area contributed by atoms with Crippen molar-refractivity contribution in [2.75, 3.05) is 6.26 Å². The molecule has 0 aliphatic carbocycles. The van der Waals surface area contributed by atoms with E-state index in [-0.39, 0.29) is 6.42 Å². The molecule has 0 saturated heterocycles. The summed E-state index contributed by atoms with van der Waals surface area (Å²) in [5.41, 5.74) is -0.634. The van der Waals surface area contributed by atoms with Gasteiger partial charge in [-0.2, -0.15) is 0 Å². The molecule has 1 aromatic rings. The van der Waals surface area contributed by atoms with Gasteiger partial charge in [0.1, 0.15) is 10.6 Å². The van der Waals surface area contributed by atoms with E-state index in [2.05, 4.69) is 10.3 Å². The van der Waals surface area contributed by atoms with Crippen LogP contribution in [0.2, 0.25) is 0 Å². The minimum absolute atomic E-state index is 0.236. The lowest BCUT2D eigenvalue weighted by Gasteiger charge is -2.22. The molecule has 1 rings (SSSR count). The predicted octanol–water partition coefficient (Wildman–Crippen LogP) is 2.91. The van der Waals surface area contributed by atoms with E-state index in [1.807, 2.05) is 6.26 Å². The van der Waals surface area contributed by atoms with Crippen LogP contribution in [0.4, 0.5) is 4.79 Å². The highest BCUT2D eigenvalue weighted by Crippen LogP contribution is 2.28. The van der Waals surface area contributed by atoms with Gasteiger partial charge >= 0.3 is 12.1 Å². The first kappa shape index (κ1) is 16.8. The van der Waals surface area contributed by atoms with Crippen molar-refractivity contribution in [2.24, 2.45) is 0 Å². The van der Waals surface area contributed by atoms with Crippen LogP contribution in [0.1, 0.15) is 38.2 Å². The average molecular weight is 318 g/mol. The first-order chi connectivity index (χ1) is 9.21. The number of nitrogens with one attached hydrogen (secondary N) is 1. The highest BCUT2D eigenvalue weighted by molar-refractivity contribution is 8.00. The van der Waals surface area contributed by atoms with Crippen molar-refractivity contribution in [2.45, 2.75) is 43.0 Å². The van der Waals surface area contributed by atoms with E-state index in [4.69, 9.17) is 9.84 Å². The maximum absolute atomic E-state index is 11.7. The van der Waals surface area contributed by atoms with Crippen molar-refractivity contribution < 1.29 is 19.4 Å². The van der Waals surface area contributed by atoms with Gasteiger partial charge in [0.15, 0.2) is 0 Å². The molecule has 0 aliphatic heterocycles. The number of rotatable bonds is 5. The van der Waals surface area contributed by atoms with Gasteiger partial charge < -0.3 is 15.2 Å². The molecule has 1 heterocycles. The highest BCUT2D eigenvalue weighted by Gasteiger charge is 2.24. The van der Waals surface area contributed by atoms with Crippen LogP contribution in [0.5, 0.6) is 0 Å². The second-order valence-electron chi connectivity index (χ2n) is 5.02. The summed E-state index contributed by atoms with van der Waals surface area (Å²) >= 11 is 2.88. The second kappa shape index (κ2) is 6.94. The number of carbonyl (C=O) groups excluding carboxylic acids is 1. The fourth-order valence-corrected chi connectivity index (χ4v) is 2.80. The van der Waals surface area contributed by atoms with E-state index >= 15 is 0 Å². The lowest BCUT2D eigenvalue weighted by Crippen LogP contribution is -2.35. The summed E-state index contributed by atoms with van der Waals surface area (Å²) in [6.45, 7) is 5.23. The Hall–Kier alpha value is -1.28. The summed E-state index contributed by atoms with van der Waals surface area (Å²) in [4.78, 5) is 26.8. The summed E-state index contributed by atoms with van der Waals surface area (Å²) in [6.07, 6.45) is 2.69. The van der Waals surface area contributed by atoms with Gasteiger partial charge in [-0.3, -0.25) is 4.79 Å². The Labute approximate surface area is 125 Å². The number of carboxylic acid groups (broad SMARTS) is 1. The third-order valence-electron chi connectivity index (χ3n) is 2.07. The first-order valence-corrected chi connectivity index (χ1v) is 7.96. The third kappa shape index (κ3) is 5.79. The lowest BCUT2D eigenvalue weighted by molar-refractivity contribution is -0.137. The van der Waals surface area contributed by atoms with Gasteiger partial charge in [0.2, 0.25) is 0 Å². The van der Waals surface area contributed by atoms with Gasteiger partial charge in [0, 0.05) is 0 Å². The molecule has 2 N–H and O–H groups in total. The van der Waals surface area contributed by atoms with E-state index in [1.54, 1.807) is 27.0 Å². The van der Waals surface area contributed by atoms with E-state index in [0.717, 1.165) is 4.21 Å². The van der Waals surface area contributed by atoms with Crippen molar-refractivity contribution in [1.82, 2.24) is 10.3 Å². The van der Waals surface area contributed by atoms with Gasteiger partial charge in [0.05, 0.1) is 22.9 Å². The molecule has 112 valence electrons. The van der Waals surface area contributed by atoms with E-state index in [1.165, 1.54) is 23.1 Å². The van der Waals surface area contributed by atoms with Crippen LogP contribution in [0.3, 0.4) is 0 Å². The standard InChI is InChI=1S/C12H18N2O4S2/c1-12(2,3)18-11(17)14-7(5-8(15)16)10-13-6-9(19-4)20-10/h6-7H,5H2,1-4H3,(H,14,17)(H,15,16)/t7-/m0/s1. The predicted molar refractivity (Wildman–Crippen MR) is 78.3 cm³/mol. The number of aromatic nitrogens is 1. The van der Waals surface area contributed by atoms with E-state index in [0.29, 0.717) is 5.01 Å². The number of carboxylic acids is 1. The fraction of sp³-hybridized carbons (Fsp3) is 0.583. The number of nitrogens with zero attached hydrogens (tertiary/aromatic N) is 1. The summed E-state index contributed by atoms with van der Waals surface area (Å²) < 4.78 is 6.09. The van der Waals surface area contributed by atoms with Crippen LogP contribution in [0, 0.1) is 0 Å². The summed E-state index contributed by atoms with van der Waals surface area (Å²) in [7, 11) is 0. The van der Waals surface area contributed by atoms with E-state index < -0.39 is 23.7 Å². The van der Waals surface area contributed by atoms with Gasteiger partial charge in [-0.25, -0.2) is 9.78 Å². The highest BCUT2D eigenvalue weighted by atomic mass is 32.2. The van der Waals surface area contributed by atoms with Crippen molar-refractivity contribution in [3.63, 3.8) is 0 Å². The number of carbonyl (C=O) groups is 2. The number of thioether (sulfide) groups is 1. The lowest BCUT2D eigenvalue weighted by atomic mass is 10.2. The number of ether oxygens (including phenoxy) is 1. The molecule has 0 fully saturated rings. The normalized spacial score (nSPS) is 12.8. The minimum Gasteiger partial charge on any atom is -0.481 e. The molecule has 1 atom stereocenters. The second-order valence-corrected chi connectivity index (χ2v) is 7.19. The number of hydrogen-bond acceptors (Lipinski definition) is 6. The molecule has 1 amide bonds. The number of thiazole rings is 1. The van der Waals surface area contributed by atoms with Crippen LogP contribution < -0.4 is 5.32 Å². The Kier molecular flexibility index (Phi) is 5.82. The van der Waals surface area contributed by atoms with Crippen LogP contribution >= 0.6 is 23.1 Å². The zero-order valence-corrected chi connectivity index (χ0v) is 13.4. The van der Waals surface area contributed by atoms with Gasteiger partial charge in [-0.05, 0) is 27.0 Å². The molecule has 0 aromatic carbocycles. The smallest absolute Gasteiger partial charge is 0.408 e. The minimum atomic E-state index is -1.01. The molecule has 20 heavy (non-hydrogen) atoms.